The van der Waals surface area contributed by atoms with Crippen molar-refractivity contribution in [3.63, 3.8) is 0 Å². The number of fused-ring (bicyclic) bond motifs is 3. The fourth-order valence-electron chi connectivity index (χ4n) is 2.09. The zero-order valence-electron chi connectivity index (χ0n) is 10.4. The van der Waals surface area contributed by atoms with E-state index in [1.54, 1.807) is 13.1 Å². The number of nitrogens with one attached hydrogen (secondary N) is 2. The number of H-pyrrole nitrogens is 1. The van der Waals surface area contributed by atoms with Gasteiger partial charge >= 0.3 is 6.09 Å². The van der Waals surface area contributed by atoms with Crippen molar-refractivity contribution in [2.75, 3.05) is 11.9 Å². The molecule has 0 atom stereocenters. The number of benzene rings is 1. The predicted molar refractivity (Wildman–Crippen MR) is 74.2 cm³/mol. The largest absolute Gasteiger partial charge is 0.450 e. The highest BCUT2D eigenvalue weighted by atomic mass is 16.5. The Balaban J connectivity index is 2.04. The molecule has 0 bridgehead atoms. The van der Waals surface area contributed by atoms with Crippen LogP contribution in [0.3, 0.4) is 0 Å². The van der Waals surface area contributed by atoms with Crippen molar-refractivity contribution >= 4 is 33.7 Å². The maximum Gasteiger partial charge on any atom is 0.412 e. The number of pyridine rings is 1. The average molecular weight is 255 g/mol. The molecule has 1 aromatic carbocycles. The lowest BCUT2D eigenvalue weighted by atomic mass is 10.2. The quantitative estimate of drug-likeness (QED) is 0.738. The summed E-state index contributed by atoms with van der Waals surface area (Å²) in [7, 11) is 0. The van der Waals surface area contributed by atoms with Crippen molar-refractivity contribution < 1.29 is 9.53 Å². The number of hydrogen-bond acceptors (Lipinski definition) is 3. The van der Waals surface area contributed by atoms with Crippen LogP contribution in [-0.2, 0) is 4.74 Å². The molecule has 0 radical (unpaired) electrons. The lowest BCUT2D eigenvalue weighted by Crippen LogP contribution is -2.14. The van der Waals surface area contributed by atoms with E-state index in [4.69, 9.17) is 4.74 Å². The van der Waals surface area contributed by atoms with E-state index in [-0.39, 0.29) is 0 Å². The van der Waals surface area contributed by atoms with E-state index in [1.807, 2.05) is 30.3 Å². The van der Waals surface area contributed by atoms with E-state index in [1.165, 1.54) is 0 Å². The van der Waals surface area contributed by atoms with Gasteiger partial charge in [-0.05, 0) is 19.1 Å². The number of ether oxygens (including phenoxy) is 1. The zero-order chi connectivity index (χ0) is 13.2. The van der Waals surface area contributed by atoms with Crippen molar-refractivity contribution in [3.8, 4) is 0 Å². The molecule has 2 N–H and O–H groups in total. The SMILES string of the molecule is CCOC(=O)Nc1cc2c(cn1)[nH]c1ccccc12. The highest BCUT2D eigenvalue weighted by molar-refractivity contribution is 6.08. The first-order valence-electron chi connectivity index (χ1n) is 6.08. The third-order valence-corrected chi connectivity index (χ3v) is 2.90. The molecule has 0 saturated heterocycles. The van der Waals surface area contributed by atoms with Crippen LogP contribution in [0.1, 0.15) is 6.92 Å². The van der Waals surface area contributed by atoms with Crippen LogP contribution in [0.5, 0.6) is 0 Å². The number of aromatic nitrogens is 2. The fraction of sp³-hybridized carbons (Fsp3) is 0.143. The fourth-order valence-corrected chi connectivity index (χ4v) is 2.09. The Hall–Kier alpha value is -2.56. The molecule has 0 unspecified atom stereocenters. The molecule has 5 nitrogen and oxygen atoms in total. The smallest absolute Gasteiger partial charge is 0.412 e. The number of hydrogen-bond donors (Lipinski definition) is 2. The second kappa shape index (κ2) is 4.61. The minimum Gasteiger partial charge on any atom is -0.450 e. The molecule has 19 heavy (non-hydrogen) atoms. The molecule has 2 heterocycles. The molecule has 0 saturated carbocycles. The Morgan fingerprint density at radius 1 is 1.32 bits per heavy atom. The third kappa shape index (κ3) is 2.10. The number of para-hydroxylation sites is 1. The van der Waals surface area contributed by atoms with Crippen LogP contribution in [0.15, 0.2) is 36.5 Å². The number of carbonyl (C=O) groups is 1. The van der Waals surface area contributed by atoms with Gasteiger partial charge in [-0.25, -0.2) is 9.78 Å². The van der Waals surface area contributed by atoms with E-state index in [2.05, 4.69) is 15.3 Å². The number of amides is 1. The second-order valence-electron chi connectivity index (χ2n) is 4.13. The Labute approximate surface area is 109 Å². The van der Waals surface area contributed by atoms with Gasteiger partial charge in [-0.15, -0.1) is 0 Å². The average Bonchev–Trinajstić information content (AvgIpc) is 2.77. The molecule has 5 heteroatoms. The zero-order valence-corrected chi connectivity index (χ0v) is 10.4. The maximum absolute atomic E-state index is 11.4. The molecule has 0 aliphatic carbocycles. The van der Waals surface area contributed by atoms with Crippen LogP contribution in [-0.4, -0.2) is 22.7 Å². The number of rotatable bonds is 2. The van der Waals surface area contributed by atoms with Crippen LogP contribution >= 0.6 is 0 Å². The summed E-state index contributed by atoms with van der Waals surface area (Å²) < 4.78 is 4.83. The Kier molecular flexibility index (Phi) is 2.79. The van der Waals surface area contributed by atoms with E-state index in [0.29, 0.717) is 12.4 Å². The Morgan fingerprint density at radius 3 is 3.00 bits per heavy atom. The van der Waals surface area contributed by atoms with Gasteiger partial charge in [-0.3, -0.25) is 5.32 Å². The molecule has 3 rings (SSSR count). The lowest BCUT2D eigenvalue weighted by Gasteiger charge is -2.04. The van der Waals surface area contributed by atoms with Crippen molar-refractivity contribution in [3.05, 3.63) is 36.5 Å². The summed E-state index contributed by atoms with van der Waals surface area (Å²) in [5.41, 5.74) is 1.99. The molecule has 1 amide bonds. The van der Waals surface area contributed by atoms with E-state index in [0.717, 1.165) is 21.8 Å². The van der Waals surface area contributed by atoms with Crippen LogP contribution in [0.25, 0.3) is 21.8 Å². The molecular formula is C14H13N3O2. The van der Waals surface area contributed by atoms with Crippen molar-refractivity contribution in [1.29, 1.82) is 0 Å². The summed E-state index contributed by atoms with van der Waals surface area (Å²) in [6, 6.07) is 9.83. The monoisotopic (exact) mass is 255 g/mol. The minimum absolute atomic E-state index is 0.334. The first kappa shape index (κ1) is 11.5. The van der Waals surface area contributed by atoms with Gasteiger partial charge in [0.15, 0.2) is 0 Å². The van der Waals surface area contributed by atoms with Gasteiger partial charge in [0.1, 0.15) is 5.82 Å². The second-order valence-corrected chi connectivity index (χ2v) is 4.13. The molecule has 96 valence electrons. The summed E-state index contributed by atoms with van der Waals surface area (Å²) in [4.78, 5) is 18.8. The normalized spacial score (nSPS) is 10.8. The van der Waals surface area contributed by atoms with E-state index in [9.17, 15) is 4.79 Å². The minimum atomic E-state index is -0.491. The number of aromatic amines is 1. The van der Waals surface area contributed by atoms with E-state index >= 15 is 0 Å². The molecule has 2 aromatic heterocycles. The van der Waals surface area contributed by atoms with Crippen LogP contribution < -0.4 is 5.32 Å². The van der Waals surface area contributed by atoms with Gasteiger partial charge < -0.3 is 9.72 Å². The molecule has 3 aromatic rings. The number of nitrogens with zero attached hydrogens (tertiary/aromatic N) is 1. The number of anilines is 1. The maximum atomic E-state index is 11.4. The topological polar surface area (TPSA) is 67.0 Å². The first-order chi connectivity index (χ1) is 9.28. The van der Waals surface area contributed by atoms with Crippen LogP contribution in [0.4, 0.5) is 10.6 Å². The third-order valence-electron chi connectivity index (χ3n) is 2.90. The number of carbonyl (C=O) groups excluding carboxylic acids is 1. The van der Waals surface area contributed by atoms with Gasteiger partial charge in [0.05, 0.1) is 18.3 Å². The summed E-state index contributed by atoms with van der Waals surface area (Å²) in [5.74, 6) is 0.482. The molecule has 0 aliphatic rings. The standard InChI is InChI=1S/C14H13N3O2/c1-2-19-14(18)17-13-7-10-9-5-3-4-6-11(9)16-12(10)8-15-13/h3-8,16H,2H2,1H3,(H,15,17,18). The van der Waals surface area contributed by atoms with Crippen molar-refractivity contribution in [2.24, 2.45) is 0 Å². The molecule has 0 spiro atoms. The van der Waals surface area contributed by atoms with Crippen molar-refractivity contribution in [2.45, 2.75) is 6.92 Å². The van der Waals surface area contributed by atoms with Gasteiger partial charge in [0, 0.05) is 16.3 Å². The molecule has 0 aliphatic heterocycles. The summed E-state index contributed by atoms with van der Waals surface area (Å²) >= 11 is 0. The summed E-state index contributed by atoms with van der Waals surface area (Å²) in [6.07, 6.45) is 1.21. The van der Waals surface area contributed by atoms with Gasteiger partial charge in [0.2, 0.25) is 0 Å². The highest BCUT2D eigenvalue weighted by Gasteiger charge is 2.07. The summed E-state index contributed by atoms with van der Waals surface area (Å²) in [6.45, 7) is 2.09. The van der Waals surface area contributed by atoms with E-state index < -0.39 is 6.09 Å². The Morgan fingerprint density at radius 2 is 2.16 bits per heavy atom. The van der Waals surface area contributed by atoms with Crippen LogP contribution in [0, 0.1) is 0 Å². The summed E-state index contributed by atoms with van der Waals surface area (Å²) in [5, 5.41) is 4.73. The van der Waals surface area contributed by atoms with Gasteiger partial charge in [-0.2, -0.15) is 0 Å². The molecular weight excluding hydrogens is 242 g/mol. The Bertz CT molecular complexity index is 749. The highest BCUT2D eigenvalue weighted by Crippen LogP contribution is 2.26. The van der Waals surface area contributed by atoms with Crippen LogP contribution in [0.2, 0.25) is 0 Å². The predicted octanol–water partition coefficient (Wildman–Crippen LogP) is 3.28. The lowest BCUT2D eigenvalue weighted by molar-refractivity contribution is 0.168. The molecule has 0 fully saturated rings. The van der Waals surface area contributed by atoms with Gasteiger partial charge in [0.25, 0.3) is 0 Å². The van der Waals surface area contributed by atoms with Crippen molar-refractivity contribution in [1.82, 2.24) is 9.97 Å². The first-order valence-corrected chi connectivity index (χ1v) is 6.08. The van der Waals surface area contributed by atoms with Gasteiger partial charge in [-0.1, -0.05) is 18.2 Å².